The monoisotopic (exact) mass is 286 g/mol. The van der Waals surface area contributed by atoms with Crippen molar-refractivity contribution in [3.63, 3.8) is 0 Å². The van der Waals surface area contributed by atoms with Gasteiger partial charge in [-0.3, -0.25) is 9.48 Å². The van der Waals surface area contributed by atoms with Crippen molar-refractivity contribution in [1.82, 2.24) is 9.78 Å². The van der Waals surface area contributed by atoms with E-state index in [9.17, 15) is 4.79 Å². The molecule has 0 aromatic carbocycles. The molecule has 3 nitrogen and oxygen atoms in total. The standard InChI is InChI=1S/C13H19ClN2OS/c1-2-16-13(11(14)8-15-16)12(17)9-18-10-6-4-3-5-7-10/h8,10H,2-7,9H2,1H3. The Hall–Kier alpha value is -0.480. The van der Waals surface area contributed by atoms with Crippen molar-refractivity contribution in [3.8, 4) is 0 Å². The Morgan fingerprint density at radius 2 is 2.22 bits per heavy atom. The summed E-state index contributed by atoms with van der Waals surface area (Å²) in [7, 11) is 0. The average molecular weight is 287 g/mol. The first kappa shape index (κ1) is 13.9. The Morgan fingerprint density at radius 3 is 2.89 bits per heavy atom. The molecule has 2 rings (SSSR count). The van der Waals surface area contributed by atoms with Crippen LogP contribution in [0, 0.1) is 0 Å². The van der Waals surface area contributed by atoms with Gasteiger partial charge in [-0.1, -0.05) is 30.9 Å². The fourth-order valence-corrected chi connectivity index (χ4v) is 3.81. The van der Waals surface area contributed by atoms with Crippen LogP contribution in [0.3, 0.4) is 0 Å². The molecule has 0 bridgehead atoms. The highest BCUT2D eigenvalue weighted by Crippen LogP contribution is 2.29. The summed E-state index contributed by atoms with van der Waals surface area (Å²) in [6.07, 6.45) is 8.01. The van der Waals surface area contributed by atoms with E-state index in [1.165, 1.54) is 32.1 Å². The van der Waals surface area contributed by atoms with Gasteiger partial charge >= 0.3 is 0 Å². The molecule has 0 N–H and O–H groups in total. The number of nitrogens with zero attached hydrogens (tertiary/aromatic N) is 2. The number of ketones is 1. The molecule has 0 unspecified atom stereocenters. The first-order valence-electron chi connectivity index (χ1n) is 6.58. The molecule has 1 aliphatic rings. The fourth-order valence-electron chi connectivity index (χ4n) is 2.37. The molecule has 0 radical (unpaired) electrons. The second kappa shape index (κ2) is 6.62. The number of aromatic nitrogens is 2. The molecular formula is C13H19ClN2OS. The van der Waals surface area contributed by atoms with Crippen LogP contribution in [0.5, 0.6) is 0 Å². The van der Waals surface area contributed by atoms with Crippen LogP contribution in [0.15, 0.2) is 6.20 Å². The minimum absolute atomic E-state index is 0.106. The van der Waals surface area contributed by atoms with Crippen molar-refractivity contribution in [3.05, 3.63) is 16.9 Å². The molecule has 0 spiro atoms. The van der Waals surface area contributed by atoms with Gasteiger partial charge in [-0.05, 0) is 19.8 Å². The number of carbonyl (C=O) groups excluding carboxylic acids is 1. The summed E-state index contributed by atoms with van der Waals surface area (Å²) in [5, 5.41) is 5.23. The summed E-state index contributed by atoms with van der Waals surface area (Å²) >= 11 is 7.81. The van der Waals surface area contributed by atoms with Crippen LogP contribution in [-0.2, 0) is 6.54 Å². The van der Waals surface area contributed by atoms with Crippen LogP contribution < -0.4 is 0 Å². The molecule has 100 valence electrons. The minimum Gasteiger partial charge on any atom is -0.291 e. The zero-order valence-electron chi connectivity index (χ0n) is 10.7. The zero-order chi connectivity index (χ0) is 13.0. The Balaban J connectivity index is 1.92. The van der Waals surface area contributed by atoms with Crippen LogP contribution >= 0.6 is 23.4 Å². The lowest BCUT2D eigenvalue weighted by molar-refractivity contribution is 0.101. The third kappa shape index (κ3) is 3.29. The van der Waals surface area contributed by atoms with Crippen molar-refractivity contribution < 1.29 is 4.79 Å². The van der Waals surface area contributed by atoms with Gasteiger partial charge in [0.15, 0.2) is 5.78 Å². The van der Waals surface area contributed by atoms with Crippen molar-refractivity contribution >= 4 is 29.1 Å². The Labute approximate surface area is 117 Å². The van der Waals surface area contributed by atoms with Gasteiger partial charge < -0.3 is 0 Å². The van der Waals surface area contributed by atoms with Crippen LogP contribution in [0.1, 0.15) is 49.5 Å². The maximum absolute atomic E-state index is 12.2. The molecule has 0 saturated heterocycles. The van der Waals surface area contributed by atoms with Crippen LogP contribution in [0.4, 0.5) is 0 Å². The van der Waals surface area contributed by atoms with Crippen molar-refractivity contribution in [2.24, 2.45) is 0 Å². The van der Waals surface area contributed by atoms with Gasteiger partial charge in [-0.15, -0.1) is 0 Å². The van der Waals surface area contributed by atoms with E-state index in [0.29, 0.717) is 28.3 Å². The molecule has 1 heterocycles. The molecule has 0 aliphatic heterocycles. The number of carbonyl (C=O) groups is 1. The topological polar surface area (TPSA) is 34.9 Å². The quantitative estimate of drug-likeness (QED) is 0.772. The molecule has 1 aromatic rings. The molecule has 1 aromatic heterocycles. The molecular weight excluding hydrogens is 268 g/mol. The number of hydrogen-bond donors (Lipinski definition) is 0. The van der Waals surface area contributed by atoms with Crippen LogP contribution in [0.25, 0.3) is 0 Å². The lowest BCUT2D eigenvalue weighted by Crippen LogP contribution is -2.15. The van der Waals surface area contributed by atoms with E-state index in [0.717, 1.165) is 0 Å². The molecule has 0 amide bonds. The van der Waals surface area contributed by atoms with Crippen LogP contribution in [-0.4, -0.2) is 26.6 Å². The average Bonchev–Trinajstić information content (AvgIpc) is 2.78. The SMILES string of the molecule is CCn1ncc(Cl)c1C(=O)CSC1CCCCC1. The van der Waals surface area contributed by atoms with E-state index in [1.54, 1.807) is 22.6 Å². The van der Waals surface area contributed by atoms with Crippen molar-refractivity contribution in [1.29, 1.82) is 0 Å². The molecule has 1 fully saturated rings. The second-order valence-corrected chi connectivity index (χ2v) is 6.35. The zero-order valence-corrected chi connectivity index (χ0v) is 12.3. The largest absolute Gasteiger partial charge is 0.291 e. The minimum atomic E-state index is 0.106. The number of Topliss-reactive ketones (excluding diaryl/α,β-unsaturated/α-hetero) is 1. The Bertz CT molecular complexity index is 413. The van der Waals surface area contributed by atoms with Crippen molar-refractivity contribution in [2.45, 2.75) is 50.8 Å². The van der Waals surface area contributed by atoms with E-state index >= 15 is 0 Å². The first-order chi connectivity index (χ1) is 8.72. The summed E-state index contributed by atoms with van der Waals surface area (Å²) in [4.78, 5) is 12.2. The molecule has 1 aliphatic carbocycles. The number of thioether (sulfide) groups is 1. The highest BCUT2D eigenvalue weighted by Gasteiger charge is 2.20. The van der Waals surface area contributed by atoms with Crippen molar-refractivity contribution in [2.75, 3.05) is 5.75 Å². The molecule has 0 atom stereocenters. The smallest absolute Gasteiger partial charge is 0.192 e. The van der Waals surface area contributed by atoms with E-state index in [4.69, 9.17) is 11.6 Å². The van der Waals surface area contributed by atoms with Gasteiger partial charge in [0, 0.05) is 11.8 Å². The lowest BCUT2D eigenvalue weighted by Gasteiger charge is -2.20. The maximum atomic E-state index is 12.2. The third-order valence-corrected chi connectivity index (χ3v) is 5.01. The molecule has 1 saturated carbocycles. The Morgan fingerprint density at radius 1 is 1.50 bits per heavy atom. The molecule has 18 heavy (non-hydrogen) atoms. The highest BCUT2D eigenvalue weighted by molar-refractivity contribution is 8.00. The first-order valence-corrected chi connectivity index (χ1v) is 8.01. The van der Waals surface area contributed by atoms with Crippen LogP contribution in [0.2, 0.25) is 5.02 Å². The fraction of sp³-hybridized carbons (Fsp3) is 0.692. The highest BCUT2D eigenvalue weighted by atomic mass is 35.5. The van der Waals surface area contributed by atoms with Gasteiger partial charge in [0.25, 0.3) is 0 Å². The lowest BCUT2D eigenvalue weighted by atomic mass is 10.0. The number of aryl methyl sites for hydroxylation is 1. The summed E-state index contributed by atoms with van der Waals surface area (Å²) in [5.41, 5.74) is 0.572. The summed E-state index contributed by atoms with van der Waals surface area (Å²) in [5.74, 6) is 0.630. The van der Waals surface area contributed by atoms with E-state index < -0.39 is 0 Å². The predicted molar refractivity (Wildman–Crippen MR) is 76.6 cm³/mol. The number of rotatable bonds is 5. The third-order valence-electron chi connectivity index (χ3n) is 3.36. The number of halogens is 1. The van der Waals surface area contributed by atoms with E-state index in [1.807, 2.05) is 6.92 Å². The maximum Gasteiger partial charge on any atom is 0.192 e. The van der Waals surface area contributed by atoms with E-state index in [-0.39, 0.29) is 5.78 Å². The second-order valence-electron chi connectivity index (χ2n) is 4.65. The van der Waals surface area contributed by atoms with Gasteiger partial charge in [0.1, 0.15) is 5.69 Å². The summed E-state index contributed by atoms with van der Waals surface area (Å²) in [6.45, 7) is 2.65. The van der Waals surface area contributed by atoms with Gasteiger partial charge in [0.2, 0.25) is 0 Å². The molecule has 5 heteroatoms. The van der Waals surface area contributed by atoms with E-state index in [2.05, 4.69) is 5.10 Å². The normalized spacial score (nSPS) is 17.0. The van der Waals surface area contributed by atoms with Gasteiger partial charge in [-0.25, -0.2) is 0 Å². The van der Waals surface area contributed by atoms with Gasteiger partial charge in [0.05, 0.1) is 17.0 Å². The summed E-state index contributed by atoms with van der Waals surface area (Å²) in [6, 6.07) is 0. The summed E-state index contributed by atoms with van der Waals surface area (Å²) < 4.78 is 1.69. The predicted octanol–water partition coefficient (Wildman–Crippen LogP) is 3.81. The Kier molecular flexibility index (Phi) is 5.13. The number of hydrogen-bond acceptors (Lipinski definition) is 3. The van der Waals surface area contributed by atoms with Gasteiger partial charge in [-0.2, -0.15) is 16.9 Å².